The zero-order valence-electron chi connectivity index (χ0n) is 25.6. The van der Waals surface area contributed by atoms with Gasteiger partial charge in [-0.15, -0.1) is 0 Å². The van der Waals surface area contributed by atoms with Gasteiger partial charge in [-0.05, 0) is 88.8 Å². The molecule has 2 aliphatic rings. The van der Waals surface area contributed by atoms with Crippen molar-refractivity contribution in [2.24, 2.45) is 0 Å². The molecule has 224 valence electrons. The highest BCUT2D eigenvalue weighted by atomic mass is 31.2. The van der Waals surface area contributed by atoms with Crippen LogP contribution in [0.2, 0.25) is 0 Å². The molecule has 0 spiro atoms. The van der Waals surface area contributed by atoms with E-state index in [0.29, 0.717) is 38.9 Å². The number of aromatic nitrogens is 1. The SMILES string of the molecule is Cc1cccnc1-c1cccc(-c2ccc3c4c2Oc2ccc(-c5ccccc5)cc2P4(=O)c2cc(-c4ccccc4)ccc2O3)c1. The Morgan fingerprint density at radius 1 is 0.511 bits per heavy atom. The van der Waals surface area contributed by atoms with Gasteiger partial charge in [-0.25, -0.2) is 0 Å². The number of ether oxygens (including phenoxy) is 2. The second kappa shape index (κ2) is 10.7. The molecule has 2 aliphatic heterocycles. The molecule has 5 heteroatoms. The van der Waals surface area contributed by atoms with Crippen molar-refractivity contribution >= 4 is 23.1 Å². The minimum absolute atomic E-state index is 0.555. The van der Waals surface area contributed by atoms with Crippen LogP contribution >= 0.6 is 7.14 Å². The molecule has 47 heavy (non-hydrogen) atoms. The Bertz CT molecular complexity index is 2350. The molecule has 0 radical (unpaired) electrons. The maximum absolute atomic E-state index is 16.3. The number of hydrogen-bond donors (Lipinski definition) is 0. The lowest BCUT2D eigenvalue weighted by Crippen LogP contribution is -2.35. The molecule has 9 rings (SSSR count). The van der Waals surface area contributed by atoms with Crippen molar-refractivity contribution in [1.82, 2.24) is 4.98 Å². The molecular weight excluding hydrogens is 597 g/mol. The highest BCUT2D eigenvalue weighted by Gasteiger charge is 2.47. The summed E-state index contributed by atoms with van der Waals surface area (Å²) in [4.78, 5) is 4.66. The number of rotatable bonds is 4. The Hall–Kier alpha value is -5.70. The van der Waals surface area contributed by atoms with Crippen molar-refractivity contribution in [2.75, 3.05) is 0 Å². The first kappa shape index (κ1) is 27.6. The third kappa shape index (κ3) is 4.37. The monoisotopic (exact) mass is 625 g/mol. The van der Waals surface area contributed by atoms with Gasteiger partial charge in [0.15, 0.2) is 7.14 Å². The summed E-state index contributed by atoms with van der Waals surface area (Å²) >= 11 is 0. The van der Waals surface area contributed by atoms with Crippen LogP contribution in [0.5, 0.6) is 23.0 Å². The minimum Gasteiger partial charge on any atom is -0.456 e. The molecule has 1 atom stereocenters. The third-order valence-electron chi connectivity index (χ3n) is 9.11. The standard InChI is InChI=1S/C42H28NO3P/c1-27-10-9-23-43-40(27)33-16-8-15-32(24-33)34-19-22-37-42-41(34)46-36-21-18-31(29-13-6-3-7-14-29)26-39(36)47(42,44)38-25-30(17-20-35(38)45-37)28-11-4-2-5-12-28/h2-26H,1H3. The summed E-state index contributed by atoms with van der Waals surface area (Å²) in [6.45, 7) is 2.07. The Kier molecular flexibility index (Phi) is 6.28. The summed E-state index contributed by atoms with van der Waals surface area (Å²) in [6.07, 6.45) is 1.82. The van der Waals surface area contributed by atoms with Gasteiger partial charge in [0.25, 0.3) is 0 Å². The van der Waals surface area contributed by atoms with Crippen LogP contribution in [0.4, 0.5) is 0 Å². The van der Waals surface area contributed by atoms with Crippen LogP contribution in [-0.2, 0) is 4.57 Å². The average Bonchev–Trinajstić information content (AvgIpc) is 3.12. The van der Waals surface area contributed by atoms with E-state index in [-0.39, 0.29) is 0 Å². The summed E-state index contributed by atoms with van der Waals surface area (Å²) in [7, 11) is -3.50. The van der Waals surface area contributed by atoms with Crippen molar-refractivity contribution < 1.29 is 14.0 Å². The molecule has 0 amide bonds. The molecular formula is C42H28NO3P. The van der Waals surface area contributed by atoms with Crippen molar-refractivity contribution in [3.05, 3.63) is 157 Å². The van der Waals surface area contributed by atoms with Gasteiger partial charge in [0, 0.05) is 17.3 Å². The molecule has 1 unspecified atom stereocenters. The van der Waals surface area contributed by atoms with E-state index in [4.69, 9.17) is 9.47 Å². The Balaban J connectivity index is 1.29. The van der Waals surface area contributed by atoms with E-state index in [1.54, 1.807) is 0 Å². The van der Waals surface area contributed by atoms with Gasteiger partial charge in [0.1, 0.15) is 28.3 Å². The van der Waals surface area contributed by atoms with Gasteiger partial charge in [-0.1, -0.05) is 97.1 Å². The van der Waals surface area contributed by atoms with Crippen LogP contribution in [-0.4, -0.2) is 4.98 Å². The van der Waals surface area contributed by atoms with Gasteiger partial charge in [-0.2, -0.15) is 0 Å². The molecule has 1 aromatic heterocycles. The lowest BCUT2D eigenvalue weighted by atomic mass is 9.99. The molecule has 0 bridgehead atoms. The fraction of sp³-hybridized carbons (Fsp3) is 0.0238. The van der Waals surface area contributed by atoms with Crippen molar-refractivity contribution in [3.8, 4) is 67.6 Å². The number of benzene rings is 6. The van der Waals surface area contributed by atoms with E-state index in [0.717, 1.165) is 50.2 Å². The van der Waals surface area contributed by atoms with E-state index < -0.39 is 7.14 Å². The van der Waals surface area contributed by atoms with Crippen LogP contribution in [0.15, 0.2) is 152 Å². The van der Waals surface area contributed by atoms with Crippen molar-refractivity contribution in [1.29, 1.82) is 0 Å². The van der Waals surface area contributed by atoms with E-state index in [1.165, 1.54) is 0 Å². The fourth-order valence-corrected chi connectivity index (χ4v) is 9.93. The van der Waals surface area contributed by atoms with Gasteiger partial charge in [-0.3, -0.25) is 4.98 Å². The van der Waals surface area contributed by atoms with E-state index in [2.05, 4.69) is 60.4 Å². The first-order valence-corrected chi connectivity index (χ1v) is 17.3. The summed E-state index contributed by atoms with van der Waals surface area (Å²) in [5.41, 5.74) is 8.89. The second-order valence-corrected chi connectivity index (χ2v) is 14.6. The molecule has 4 nitrogen and oxygen atoms in total. The zero-order chi connectivity index (χ0) is 31.5. The predicted octanol–water partition coefficient (Wildman–Crippen LogP) is 9.91. The van der Waals surface area contributed by atoms with Gasteiger partial charge in [0.2, 0.25) is 0 Å². The molecule has 7 aromatic rings. The van der Waals surface area contributed by atoms with Crippen LogP contribution in [0, 0.1) is 6.92 Å². The summed E-state index contributed by atoms with van der Waals surface area (Å²) in [5, 5.41) is 1.96. The van der Waals surface area contributed by atoms with Crippen LogP contribution in [0.25, 0.3) is 44.6 Å². The zero-order valence-corrected chi connectivity index (χ0v) is 26.4. The summed E-state index contributed by atoms with van der Waals surface area (Å²) in [5.74, 6) is 2.31. The normalized spacial score (nSPS) is 15.4. The maximum Gasteiger partial charge on any atom is 0.185 e. The topological polar surface area (TPSA) is 48.4 Å². The highest BCUT2D eigenvalue weighted by molar-refractivity contribution is 7.86. The van der Waals surface area contributed by atoms with Crippen LogP contribution < -0.4 is 25.4 Å². The number of nitrogens with zero attached hydrogens (tertiary/aromatic N) is 1. The highest BCUT2D eigenvalue weighted by Crippen LogP contribution is 2.60. The number of aryl methyl sites for hydroxylation is 1. The van der Waals surface area contributed by atoms with Crippen molar-refractivity contribution in [3.63, 3.8) is 0 Å². The number of pyridine rings is 1. The van der Waals surface area contributed by atoms with Gasteiger partial charge in [0.05, 0.1) is 16.3 Å². The Labute approximate surface area is 273 Å². The molecule has 0 saturated heterocycles. The summed E-state index contributed by atoms with van der Waals surface area (Å²) in [6, 6.07) is 48.7. The molecule has 0 aliphatic carbocycles. The predicted molar refractivity (Wildman–Crippen MR) is 190 cm³/mol. The molecule has 6 aromatic carbocycles. The van der Waals surface area contributed by atoms with E-state index >= 15 is 4.57 Å². The fourth-order valence-electron chi connectivity index (χ4n) is 6.81. The van der Waals surface area contributed by atoms with Crippen molar-refractivity contribution in [2.45, 2.75) is 6.92 Å². The van der Waals surface area contributed by atoms with Gasteiger partial charge >= 0.3 is 0 Å². The Morgan fingerprint density at radius 3 is 1.77 bits per heavy atom. The lowest BCUT2D eigenvalue weighted by Gasteiger charge is -2.36. The molecule has 0 N–H and O–H groups in total. The molecule has 0 saturated carbocycles. The second-order valence-electron chi connectivity index (χ2n) is 11.9. The summed E-state index contributed by atoms with van der Waals surface area (Å²) < 4.78 is 29.6. The minimum atomic E-state index is -3.50. The first-order valence-electron chi connectivity index (χ1n) is 15.6. The largest absolute Gasteiger partial charge is 0.456 e. The molecule has 3 heterocycles. The molecule has 0 fully saturated rings. The van der Waals surface area contributed by atoms with Crippen LogP contribution in [0.3, 0.4) is 0 Å². The first-order chi connectivity index (χ1) is 23.1. The lowest BCUT2D eigenvalue weighted by molar-refractivity contribution is 0.463. The van der Waals surface area contributed by atoms with Gasteiger partial charge < -0.3 is 14.0 Å². The van der Waals surface area contributed by atoms with E-state index in [9.17, 15) is 0 Å². The quantitative estimate of drug-likeness (QED) is 0.183. The third-order valence-corrected chi connectivity index (χ3v) is 12.2. The number of hydrogen-bond acceptors (Lipinski definition) is 4. The van der Waals surface area contributed by atoms with E-state index in [1.807, 2.05) is 103 Å². The maximum atomic E-state index is 16.3. The van der Waals surface area contributed by atoms with Crippen LogP contribution in [0.1, 0.15) is 5.56 Å². The number of fused-ring (bicyclic) bond motifs is 4. The smallest absolute Gasteiger partial charge is 0.185 e. The average molecular weight is 626 g/mol. The Morgan fingerprint density at radius 2 is 1.11 bits per heavy atom.